The zero-order valence-electron chi connectivity index (χ0n) is 16.6. The van der Waals surface area contributed by atoms with Crippen LogP contribution in [0.2, 0.25) is 5.02 Å². The van der Waals surface area contributed by atoms with Gasteiger partial charge in [-0.2, -0.15) is 5.26 Å². The van der Waals surface area contributed by atoms with Gasteiger partial charge in [0.25, 0.3) is 0 Å². The maximum Gasteiger partial charge on any atom is 0.127 e. The molecule has 0 aliphatic carbocycles. The van der Waals surface area contributed by atoms with E-state index >= 15 is 0 Å². The van der Waals surface area contributed by atoms with Crippen molar-refractivity contribution in [3.63, 3.8) is 0 Å². The first-order valence-electron chi connectivity index (χ1n) is 9.72. The van der Waals surface area contributed by atoms with Gasteiger partial charge in [-0.3, -0.25) is 0 Å². The summed E-state index contributed by atoms with van der Waals surface area (Å²) >= 11 is 6.01. The summed E-state index contributed by atoms with van der Waals surface area (Å²) < 4.78 is 6.20. The number of benzene rings is 4. The lowest BCUT2D eigenvalue weighted by Gasteiger charge is -2.13. The van der Waals surface area contributed by atoms with E-state index in [2.05, 4.69) is 49.4 Å². The van der Waals surface area contributed by atoms with Gasteiger partial charge in [0.05, 0.1) is 11.6 Å². The smallest absolute Gasteiger partial charge is 0.127 e. The zero-order valence-corrected chi connectivity index (χ0v) is 17.4. The summed E-state index contributed by atoms with van der Waals surface area (Å²) in [5.74, 6) is 0.746. The van der Waals surface area contributed by atoms with Crippen LogP contribution in [0.4, 0.5) is 0 Å². The summed E-state index contributed by atoms with van der Waals surface area (Å²) in [5, 5.41) is 12.6. The number of nitriles is 1. The fourth-order valence-electron chi connectivity index (χ4n) is 3.35. The third-order valence-electron chi connectivity index (χ3n) is 5.01. The molecular weight excluding hydrogens is 390 g/mol. The highest BCUT2D eigenvalue weighted by Crippen LogP contribution is 2.32. The second-order valence-electron chi connectivity index (χ2n) is 7.15. The first kappa shape index (κ1) is 19.8. The van der Waals surface area contributed by atoms with Crippen molar-refractivity contribution in [2.24, 2.45) is 0 Å². The molecule has 0 fully saturated rings. The highest BCUT2D eigenvalue weighted by molar-refractivity contribution is 6.30. The molecule has 0 N–H and O–H groups in total. The molecule has 0 atom stereocenters. The molecule has 4 rings (SSSR count). The van der Waals surface area contributed by atoms with E-state index in [1.165, 1.54) is 5.56 Å². The average Bonchev–Trinajstić information content (AvgIpc) is 2.78. The van der Waals surface area contributed by atoms with E-state index in [1.807, 2.05) is 42.5 Å². The lowest BCUT2D eigenvalue weighted by molar-refractivity contribution is 0.306. The maximum atomic E-state index is 9.81. The van der Waals surface area contributed by atoms with E-state index < -0.39 is 0 Å². The molecular formula is C27H20ClNO. The number of hydrogen-bond donors (Lipinski definition) is 0. The van der Waals surface area contributed by atoms with Gasteiger partial charge < -0.3 is 4.74 Å². The number of hydrogen-bond acceptors (Lipinski definition) is 2. The van der Waals surface area contributed by atoms with Crippen molar-refractivity contribution < 1.29 is 4.74 Å². The Morgan fingerprint density at radius 2 is 1.67 bits per heavy atom. The zero-order chi connectivity index (χ0) is 20.9. The quantitative estimate of drug-likeness (QED) is 0.253. The molecule has 0 saturated heterocycles. The first-order valence-corrected chi connectivity index (χ1v) is 10.1. The van der Waals surface area contributed by atoms with E-state index in [0.29, 0.717) is 17.2 Å². The molecule has 0 aromatic heterocycles. The summed E-state index contributed by atoms with van der Waals surface area (Å²) in [6, 6.07) is 30.0. The highest BCUT2D eigenvalue weighted by atomic mass is 35.5. The summed E-state index contributed by atoms with van der Waals surface area (Å²) in [7, 11) is 0. The van der Waals surface area contributed by atoms with Crippen molar-refractivity contribution in [2.45, 2.75) is 13.5 Å². The SMILES string of the molecule is Cc1ccc(COc2ccc3ccccc3c2/C=C(\C#N)c2ccc(Cl)cc2)cc1. The fraction of sp³-hybridized carbons (Fsp3) is 0.0741. The highest BCUT2D eigenvalue weighted by Gasteiger charge is 2.10. The Hall–Kier alpha value is -3.54. The molecule has 0 aliphatic rings. The molecule has 30 heavy (non-hydrogen) atoms. The van der Waals surface area contributed by atoms with Crippen LogP contribution >= 0.6 is 11.6 Å². The summed E-state index contributed by atoms with van der Waals surface area (Å²) in [6.45, 7) is 2.53. The van der Waals surface area contributed by atoms with Crippen molar-refractivity contribution in [1.82, 2.24) is 0 Å². The van der Waals surface area contributed by atoms with Gasteiger partial charge in [0, 0.05) is 10.6 Å². The van der Waals surface area contributed by atoms with E-state index in [9.17, 15) is 5.26 Å². The van der Waals surface area contributed by atoms with Crippen molar-refractivity contribution in [2.75, 3.05) is 0 Å². The predicted octanol–water partition coefficient (Wildman–Crippen LogP) is 7.44. The van der Waals surface area contributed by atoms with Crippen molar-refractivity contribution in [3.8, 4) is 11.8 Å². The number of halogens is 1. The van der Waals surface area contributed by atoms with Crippen LogP contribution in [0.1, 0.15) is 22.3 Å². The maximum absolute atomic E-state index is 9.81. The lowest BCUT2D eigenvalue weighted by atomic mass is 9.98. The van der Waals surface area contributed by atoms with Crippen LogP contribution in [0.15, 0.2) is 84.9 Å². The van der Waals surface area contributed by atoms with Gasteiger partial charge in [-0.25, -0.2) is 0 Å². The Balaban J connectivity index is 1.77. The molecule has 0 radical (unpaired) electrons. The summed E-state index contributed by atoms with van der Waals surface area (Å²) in [4.78, 5) is 0. The molecule has 0 heterocycles. The van der Waals surface area contributed by atoms with Crippen molar-refractivity contribution >= 4 is 34.0 Å². The molecule has 0 saturated carbocycles. The van der Waals surface area contributed by atoms with Crippen molar-refractivity contribution in [1.29, 1.82) is 5.26 Å². The molecule has 0 unspecified atom stereocenters. The number of ether oxygens (including phenoxy) is 1. The van der Waals surface area contributed by atoms with Crippen LogP contribution in [0.3, 0.4) is 0 Å². The molecule has 146 valence electrons. The van der Waals surface area contributed by atoms with Gasteiger partial charge in [-0.15, -0.1) is 0 Å². The molecule has 4 aromatic rings. The van der Waals surface area contributed by atoms with Crippen LogP contribution in [0, 0.1) is 18.3 Å². The topological polar surface area (TPSA) is 33.0 Å². The van der Waals surface area contributed by atoms with Crippen molar-refractivity contribution in [3.05, 3.63) is 112 Å². The van der Waals surface area contributed by atoms with Crippen LogP contribution in [-0.2, 0) is 6.61 Å². The minimum absolute atomic E-state index is 0.461. The lowest BCUT2D eigenvalue weighted by Crippen LogP contribution is -1.98. The molecule has 3 heteroatoms. The van der Waals surface area contributed by atoms with E-state index in [1.54, 1.807) is 12.1 Å². The number of fused-ring (bicyclic) bond motifs is 1. The second kappa shape index (κ2) is 8.86. The number of nitrogens with zero attached hydrogens (tertiary/aromatic N) is 1. The largest absolute Gasteiger partial charge is 0.488 e. The fourth-order valence-corrected chi connectivity index (χ4v) is 3.48. The Bertz CT molecular complexity index is 1250. The first-order chi connectivity index (χ1) is 14.6. The average molecular weight is 410 g/mol. The van der Waals surface area contributed by atoms with Crippen LogP contribution in [0.25, 0.3) is 22.4 Å². The predicted molar refractivity (Wildman–Crippen MR) is 124 cm³/mol. The van der Waals surface area contributed by atoms with Gasteiger partial charge >= 0.3 is 0 Å². The van der Waals surface area contributed by atoms with Gasteiger partial charge in [-0.1, -0.05) is 83.9 Å². The van der Waals surface area contributed by atoms with Crippen LogP contribution < -0.4 is 4.74 Å². The van der Waals surface area contributed by atoms with E-state index in [4.69, 9.17) is 16.3 Å². The third kappa shape index (κ3) is 4.38. The number of aryl methyl sites for hydroxylation is 1. The normalized spacial score (nSPS) is 11.3. The van der Waals surface area contributed by atoms with Gasteiger partial charge in [0.2, 0.25) is 0 Å². The molecule has 0 aliphatic heterocycles. The third-order valence-corrected chi connectivity index (χ3v) is 5.26. The van der Waals surface area contributed by atoms with Crippen LogP contribution in [-0.4, -0.2) is 0 Å². The Labute approximate surface area is 181 Å². The van der Waals surface area contributed by atoms with E-state index in [0.717, 1.165) is 33.2 Å². The summed E-state index contributed by atoms with van der Waals surface area (Å²) in [5.41, 5.74) is 4.59. The standard InChI is InChI=1S/C27H20ClNO/c1-19-6-8-20(9-7-19)18-30-27-15-12-22-4-2-3-5-25(22)26(27)16-23(17-29)21-10-13-24(28)14-11-21/h2-16H,18H2,1H3/b23-16+. The second-order valence-corrected chi connectivity index (χ2v) is 7.59. The summed E-state index contributed by atoms with van der Waals surface area (Å²) in [6.07, 6.45) is 1.90. The van der Waals surface area contributed by atoms with Gasteiger partial charge in [0.15, 0.2) is 0 Å². The minimum atomic E-state index is 0.461. The molecule has 4 aromatic carbocycles. The number of rotatable bonds is 5. The van der Waals surface area contributed by atoms with Crippen LogP contribution in [0.5, 0.6) is 5.75 Å². The van der Waals surface area contributed by atoms with E-state index in [-0.39, 0.29) is 0 Å². The Kier molecular flexibility index (Phi) is 5.84. The molecule has 0 bridgehead atoms. The molecule has 0 spiro atoms. The molecule has 2 nitrogen and oxygen atoms in total. The van der Waals surface area contributed by atoms with Gasteiger partial charge in [-0.05, 0) is 53.1 Å². The van der Waals surface area contributed by atoms with Gasteiger partial charge in [0.1, 0.15) is 12.4 Å². The monoisotopic (exact) mass is 409 g/mol. The number of allylic oxidation sites excluding steroid dienone is 1. The minimum Gasteiger partial charge on any atom is -0.488 e. The molecule has 0 amide bonds. The Morgan fingerprint density at radius 1 is 0.933 bits per heavy atom. The Morgan fingerprint density at radius 3 is 2.40 bits per heavy atom.